The summed E-state index contributed by atoms with van der Waals surface area (Å²) in [5.41, 5.74) is 31.1. The van der Waals surface area contributed by atoms with Gasteiger partial charge in [-0.2, -0.15) is 88.1 Å². The Kier molecular flexibility index (Phi) is 19.2. The first-order valence-electron chi connectivity index (χ1n) is 27.2. The van der Waals surface area contributed by atoms with Crippen molar-refractivity contribution in [1.82, 2.24) is 9.97 Å². The molecule has 0 amide bonds. The number of aryl methyl sites for hydroxylation is 2. The summed E-state index contributed by atoms with van der Waals surface area (Å²) in [6.45, 7) is 26.9. The molecule has 3 unspecified atom stereocenters. The van der Waals surface area contributed by atoms with E-state index in [1.165, 1.54) is 33.4 Å². The molecule has 0 aliphatic heterocycles. The van der Waals surface area contributed by atoms with Crippen molar-refractivity contribution in [1.29, 1.82) is 0 Å². The maximum atomic E-state index is 4.90. The van der Waals surface area contributed by atoms with Gasteiger partial charge in [0.25, 0.3) is 0 Å². The Bertz CT molecular complexity index is 2930. The Balaban J connectivity index is 0.000000208. The van der Waals surface area contributed by atoms with E-state index in [-0.39, 0.29) is 21.1 Å². The van der Waals surface area contributed by atoms with Crippen molar-refractivity contribution in [2.24, 2.45) is 11.8 Å². The van der Waals surface area contributed by atoms with E-state index in [9.17, 15) is 0 Å². The molecule has 5 aromatic carbocycles. The minimum atomic E-state index is 0. The van der Waals surface area contributed by atoms with Crippen molar-refractivity contribution in [3.05, 3.63) is 199 Å². The van der Waals surface area contributed by atoms with Crippen LogP contribution in [0.25, 0.3) is 44.1 Å². The zero-order valence-corrected chi connectivity index (χ0v) is 48.7. The molecule has 7 aromatic rings. The standard InChI is InChI=1S/C40H52.C26H20N2.CH5BP.Pt/c1-9-33-25-17-26(34(33)10-2)22-28-19-30(38(14-6)36(28)12-4)24-32-20-31(39(15-7)40(32)16-8)23-29-18-27(21-25)35(11-3)37(29)13-5;1-17-15-23(19-9-5-3-6-10-19)21-13-14-22-24(20-11-7-4-8-12-20)16-18(2)28-26(22)25(21)27-17;1-2-3;/h17,20,27,30H,9-16,21-24H2,1-8H3;3-16H,1-2H3;3H2,1H3;/q-4;;;+4. The molecule has 2 aromatic heterocycles. The maximum Gasteiger partial charge on any atom is 4.00 e. The summed E-state index contributed by atoms with van der Waals surface area (Å²) in [4.78, 5) is 9.81. The number of aromatic nitrogens is 2. The zero-order chi connectivity index (χ0) is 50.3. The number of nitrogens with zero attached hydrogens (tertiary/aromatic N) is 2. The van der Waals surface area contributed by atoms with Crippen LogP contribution in [0.15, 0.2) is 131 Å². The van der Waals surface area contributed by atoms with E-state index >= 15 is 0 Å². The van der Waals surface area contributed by atoms with Gasteiger partial charge in [0, 0.05) is 22.2 Å². The number of pyridine rings is 2. The van der Waals surface area contributed by atoms with E-state index in [0.717, 1.165) is 110 Å². The van der Waals surface area contributed by atoms with Crippen molar-refractivity contribution < 1.29 is 21.1 Å². The third-order valence-corrected chi connectivity index (χ3v) is 15.7. The van der Waals surface area contributed by atoms with Gasteiger partial charge in [0.2, 0.25) is 0 Å². The van der Waals surface area contributed by atoms with E-state index in [1.54, 1.807) is 66.8 Å². The molecule has 72 heavy (non-hydrogen) atoms. The van der Waals surface area contributed by atoms with E-state index in [4.69, 9.17) is 9.97 Å². The van der Waals surface area contributed by atoms with Crippen molar-refractivity contribution in [3.63, 3.8) is 0 Å². The Morgan fingerprint density at radius 2 is 0.861 bits per heavy atom. The summed E-state index contributed by atoms with van der Waals surface area (Å²) >= 11 is 0. The monoisotopic (exact) mass is 1150 g/mol. The molecule has 0 fully saturated rings. The van der Waals surface area contributed by atoms with Gasteiger partial charge in [0.1, 0.15) is 7.00 Å². The minimum absolute atomic E-state index is 0. The Morgan fingerprint density at radius 3 is 1.18 bits per heavy atom. The molecule has 0 spiro atoms. The van der Waals surface area contributed by atoms with Gasteiger partial charge in [0.15, 0.2) is 0 Å². The molecule has 2 nitrogen and oxygen atoms in total. The zero-order valence-electron chi connectivity index (χ0n) is 45.2. The summed E-state index contributed by atoms with van der Waals surface area (Å²) < 4.78 is 0. The Labute approximate surface area is 451 Å². The van der Waals surface area contributed by atoms with Crippen LogP contribution < -0.4 is 0 Å². The molecule has 5 heteroatoms. The molecule has 0 saturated carbocycles. The van der Waals surface area contributed by atoms with Crippen LogP contribution in [0.4, 0.5) is 0 Å². The van der Waals surface area contributed by atoms with Gasteiger partial charge in [0.05, 0.1) is 11.0 Å². The van der Waals surface area contributed by atoms with Gasteiger partial charge in [-0.15, -0.1) is 0 Å². The van der Waals surface area contributed by atoms with Gasteiger partial charge in [-0.05, 0) is 48.2 Å². The second-order valence-electron chi connectivity index (χ2n) is 19.8. The predicted molar refractivity (Wildman–Crippen MR) is 311 cm³/mol. The van der Waals surface area contributed by atoms with E-state index in [0.29, 0.717) is 11.8 Å². The smallest absolute Gasteiger partial charge is 0.265 e. The van der Waals surface area contributed by atoms with Crippen LogP contribution in [0.2, 0.25) is 6.82 Å². The van der Waals surface area contributed by atoms with Gasteiger partial charge >= 0.3 is 21.1 Å². The Hall–Kier alpha value is -4.68. The second-order valence-corrected chi connectivity index (χ2v) is 20.5. The summed E-state index contributed by atoms with van der Waals surface area (Å²) in [5, 5.41) is 2.28. The second kappa shape index (κ2) is 25.0. The average molecular weight is 1150 g/mol. The topological polar surface area (TPSA) is 25.8 Å². The van der Waals surface area contributed by atoms with Gasteiger partial charge in [-0.3, -0.25) is 22.1 Å². The van der Waals surface area contributed by atoms with Crippen molar-refractivity contribution in [2.75, 3.05) is 0 Å². The summed E-state index contributed by atoms with van der Waals surface area (Å²) in [5.74, 6) is 0.857. The summed E-state index contributed by atoms with van der Waals surface area (Å²) in [6.07, 6.45) is 21.6. The van der Waals surface area contributed by atoms with Gasteiger partial charge in [-0.25, -0.2) is 11.1 Å². The predicted octanol–water partition coefficient (Wildman–Crippen LogP) is 17.5. The van der Waals surface area contributed by atoms with E-state index < -0.39 is 0 Å². The fourth-order valence-electron chi connectivity index (χ4n) is 12.8. The number of allylic oxidation sites excluding steroid dienone is 8. The number of hydrogen-bond donors (Lipinski definition) is 0. The van der Waals surface area contributed by atoms with E-state index in [1.807, 2.05) is 26.0 Å². The third-order valence-electron chi connectivity index (χ3n) is 15.7. The number of fused-ring (bicyclic) bond motifs is 9. The molecule has 2 heterocycles. The summed E-state index contributed by atoms with van der Waals surface area (Å²) in [7, 11) is 2.45. The maximum absolute atomic E-state index is 4.90. The molecule has 1 radical (unpaired) electrons. The van der Waals surface area contributed by atoms with E-state index in [2.05, 4.69) is 175 Å². The van der Waals surface area contributed by atoms with Crippen LogP contribution in [0.3, 0.4) is 0 Å². The first-order chi connectivity index (χ1) is 34.6. The van der Waals surface area contributed by atoms with Crippen molar-refractivity contribution in [3.8, 4) is 22.3 Å². The first kappa shape index (κ1) is 55.1. The van der Waals surface area contributed by atoms with Crippen LogP contribution in [-0.4, -0.2) is 17.0 Å². The van der Waals surface area contributed by atoms with Crippen molar-refractivity contribution in [2.45, 2.75) is 153 Å². The van der Waals surface area contributed by atoms with Crippen LogP contribution in [0.1, 0.15) is 137 Å². The minimum Gasteiger partial charge on any atom is -0.265 e. The normalized spacial score (nSPS) is 16.2. The first-order valence-corrected chi connectivity index (χ1v) is 27.8. The van der Waals surface area contributed by atoms with Gasteiger partial charge in [-0.1, -0.05) is 224 Å². The number of hydrogen-bond acceptors (Lipinski definition) is 2. The quantitative estimate of drug-likeness (QED) is 0.0590. The fraction of sp³-hybridized carbons (Fsp3) is 0.373. The number of benzene rings is 3. The molecule has 3 atom stereocenters. The molecule has 0 N–H and O–H groups in total. The summed E-state index contributed by atoms with van der Waals surface area (Å²) in [6, 6.07) is 34.9. The largest absolute Gasteiger partial charge is 4.00 e. The molecule has 3 aliphatic carbocycles. The fourth-order valence-corrected chi connectivity index (χ4v) is 12.8. The SMILES string of the molecule is CCC1=C(CC)C2[C-]=C1Cc1[cH-]c(c(CC)c1CC)CC1[C-]=C(Cc3[cH-]c(c(CC)c3CC)C2)C(CC)=C1CC.C[B]P.Cc1cc(-c2ccccc2)c2ccc3c(-c4ccccc4)cc(C)nc3c2n1.[Pt+4]. The van der Waals surface area contributed by atoms with Crippen LogP contribution in [0, 0.1) is 37.8 Å². The Morgan fingerprint density at radius 1 is 0.514 bits per heavy atom. The molecule has 373 valence electrons. The van der Waals surface area contributed by atoms with Crippen LogP contribution in [-0.2, 0) is 72.4 Å². The molecule has 8 bridgehead atoms. The molecule has 0 saturated heterocycles. The molecular formula is C67H77BN2PPt. The molecular weight excluding hydrogens is 1070 g/mol. The van der Waals surface area contributed by atoms with Crippen LogP contribution >= 0.6 is 9.12 Å². The molecule has 10 rings (SSSR count). The van der Waals surface area contributed by atoms with Crippen molar-refractivity contribution >= 4 is 37.9 Å². The van der Waals surface area contributed by atoms with Crippen LogP contribution in [0.5, 0.6) is 0 Å². The molecule has 3 aliphatic rings. The third kappa shape index (κ3) is 11.1. The average Bonchev–Trinajstić information content (AvgIpc) is 4.12. The number of rotatable bonds is 10. The van der Waals surface area contributed by atoms with Gasteiger partial charge < -0.3 is 0 Å².